The Morgan fingerprint density at radius 2 is 1.75 bits per heavy atom. The number of hydrogen-bond acceptors (Lipinski definition) is 3. The average molecular weight is 212 g/mol. The molecule has 0 radical (unpaired) electrons. The van der Waals surface area contributed by atoms with E-state index >= 15 is 0 Å². The summed E-state index contributed by atoms with van der Waals surface area (Å²) in [5.74, 6) is 0.443. The third-order valence-corrected chi connectivity index (χ3v) is 2.73. The van der Waals surface area contributed by atoms with Crippen molar-refractivity contribution in [3.63, 3.8) is 0 Å². The molecule has 0 bridgehead atoms. The normalized spacial score (nSPS) is 11.7. The molecule has 3 rings (SSSR count). The van der Waals surface area contributed by atoms with Gasteiger partial charge in [-0.1, -0.05) is 13.8 Å². The van der Waals surface area contributed by atoms with Gasteiger partial charge < -0.3 is 4.98 Å². The fourth-order valence-corrected chi connectivity index (χ4v) is 1.75. The first-order valence-corrected chi connectivity index (χ1v) is 5.33. The van der Waals surface area contributed by atoms with Crippen molar-refractivity contribution in [1.29, 1.82) is 0 Å². The van der Waals surface area contributed by atoms with Crippen LogP contribution in [0.3, 0.4) is 0 Å². The predicted octanol–water partition coefficient (Wildman–Crippen LogP) is 2.63. The zero-order chi connectivity index (χ0) is 11.1. The molecule has 2 heterocycles. The van der Waals surface area contributed by atoms with Gasteiger partial charge >= 0.3 is 0 Å². The second-order valence-electron chi connectivity index (χ2n) is 4.22. The summed E-state index contributed by atoms with van der Waals surface area (Å²) in [4.78, 5) is 16.2. The van der Waals surface area contributed by atoms with Crippen LogP contribution in [0, 0.1) is 0 Å². The monoisotopic (exact) mass is 212 g/mol. The number of benzene rings is 1. The van der Waals surface area contributed by atoms with E-state index < -0.39 is 0 Å². The largest absolute Gasteiger partial charge is 0.356 e. The zero-order valence-electron chi connectivity index (χ0n) is 9.23. The summed E-state index contributed by atoms with van der Waals surface area (Å²) >= 11 is 0. The topological polar surface area (TPSA) is 54.5 Å². The highest BCUT2D eigenvalue weighted by atomic mass is 14.9. The Hall–Kier alpha value is -1.97. The van der Waals surface area contributed by atoms with E-state index in [1.807, 2.05) is 18.3 Å². The molecule has 0 saturated heterocycles. The molecule has 0 aliphatic heterocycles. The van der Waals surface area contributed by atoms with Crippen molar-refractivity contribution in [2.45, 2.75) is 19.8 Å². The molecule has 0 aliphatic rings. The smallest absolute Gasteiger partial charge is 0.116 e. The van der Waals surface area contributed by atoms with Crippen LogP contribution in [0.4, 0.5) is 0 Å². The van der Waals surface area contributed by atoms with Gasteiger partial charge in [-0.2, -0.15) is 0 Å². The standard InChI is InChI=1S/C12H12N4/c1-7(2)12-5-13-10-3-8-9(15-6-14-8)4-11(10)16-12/h3-7,16H,1-2H3. The van der Waals surface area contributed by atoms with E-state index in [1.165, 1.54) is 0 Å². The lowest BCUT2D eigenvalue weighted by Crippen LogP contribution is -1.94. The highest BCUT2D eigenvalue weighted by Gasteiger charge is 2.05. The van der Waals surface area contributed by atoms with Crippen molar-refractivity contribution in [2.75, 3.05) is 0 Å². The van der Waals surface area contributed by atoms with Crippen molar-refractivity contribution in [1.82, 2.24) is 19.9 Å². The first-order chi connectivity index (χ1) is 7.74. The van der Waals surface area contributed by atoms with Crippen LogP contribution in [-0.2, 0) is 0 Å². The van der Waals surface area contributed by atoms with E-state index in [-0.39, 0.29) is 0 Å². The Morgan fingerprint density at radius 1 is 1.00 bits per heavy atom. The van der Waals surface area contributed by atoms with Crippen molar-refractivity contribution < 1.29 is 0 Å². The van der Waals surface area contributed by atoms with Crippen molar-refractivity contribution in [3.8, 4) is 0 Å². The lowest BCUT2D eigenvalue weighted by Gasteiger charge is -2.06. The molecule has 0 atom stereocenters. The van der Waals surface area contributed by atoms with Crippen molar-refractivity contribution >= 4 is 22.1 Å². The van der Waals surface area contributed by atoms with Crippen LogP contribution in [-0.4, -0.2) is 19.9 Å². The first kappa shape index (κ1) is 9.27. The van der Waals surface area contributed by atoms with Crippen LogP contribution in [0.25, 0.3) is 22.1 Å². The van der Waals surface area contributed by atoms with Gasteiger partial charge in [0.1, 0.15) is 6.33 Å². The number of imidazole rings is 1. The minimum absolute atomic E-state index is 0.443. The summed E-state index contributed by atoms with van der Waals surface area (Å²) in [7, 11) is 0. The van der Waals surface area contributed by atoms with Crippen LogP contribution in [0.5, 0.6) is 0 Å². The molecule has 0 saturated carbocycles. The fourth-order valence-electron chi connectivity index (χ4n) is 1.75. The molecule has 0 spiro atoms. The van der Waals surface area contributed by atoms with E-state index in [4.69, 9.17) is 0 Å². The van der Waals surface area contributed by atoms with Gasteiger partial charge in [-0.15, -0.1) is 0 Å². The first-order valence-electron chi connectivity index (χ1n) is 5.33. The molecular formula is C12H12N4. The summed E-state index contributed by atoms with van der Waals surface area (Å²) in [5, 5.41) is 0. The molecule has 2 aromatic heterocycles. The Balaban J connectivity index is 2.33. The van der Waals surface area contributed by atoms with Crippen LogP contribution in [0.15, 0.2) is 24.7 Å². The average Bonchev–Trinajstić information content (AvgIpc) is 2.71. The minimum atomic E-state index is 0.443. The number of hydrogen-bond donors (Lipinski definition) is 1. The van der Waals surface area contributed by atoms with Gasteiger partial charge in [0.15, 0.2) is 0 Å². The van der Waals surface area contributed by atoms with Crippen LogP contribution < -0.4 is 0 Å². The van der Waals surface area contributed by atoms with E-state index in [1.54, 1.807) is 6.33 Å². The summed E-state index contributed by atoms with van der Waals surface area (Å²) in [6, 6.07) is 3.95. The Kier molecular flexibility index (Phi) is 1.89. The van der Waals surface area contributed by atoms with Crippen molar-refractivity contribution in [2.24, 2.45) is 0 Å². The predicted molar refractivity (Wildman–Crippen MR) is 63.3 cm³/mol. The number of nitrogens with zero attached hydrogens (tertiary/aromatic N) is 3. The Labute approximate surface area is 92.8 Å². The molecule has 0 unspecified atom stereocenters. The molecule has 0 amide bonds. The maximum absolute atomic E-state index is 4.43. The molecule has 4 heteroatoms. The fraction of sp³-hybridized carbons (Fsp3) is 0.250. The number of aromatic nitrogens is 4. The maximum atomic E-state index is 4.43. The minimum Gasteiger partial charge on any atom is -0.356 e. The second kappa shape index (κ2) is 3.27. The summed E-state index contributed by atoms with van der Waals surface area (Å²) in [5.41, 5.74) is 4.88. The lowest BCUT2D eigenvalue weighted by atomic mass is 10.1. The van der Waals surface area contributed by atoms with E-state index in [0.29, 0.717) is 5.92 Å². The molecule has 0 aliphatic carbocycles. The molecule has 80 valence electrons. The number of rotatable bonds is 1. The van der Waals surface area contributed by atoms with E-state index in [9.17, 15) is 0 Å². The van der Waals surface area contributed by atoms with Gasteiger partial charge in [-0.05, 0) is 18.1 Å². The SMILES string of the molecule is CC(C)c1cnc2cc3ncnc3cc2[nH]1. The van der Waals surface area contributed by atoms with Crippen molar-refractivity contribution in [3.05, 3.63) is 30.4 Å². The third-order valence-electron chi connectivity index (χ3n) is 2.73. The molecule has 1 aromatic carbocycles. The van der Waals surface area contributed by atoms with Crippen LogP contribution >= 0.6 is 0 Å². The molecule has 1 N–H and O–H groups in total. The van der Waals surface area contributed by atoms with E-state index in [2.05, 4.69) is 33.8 Å². The number of nitrogens with one attached hydrogen (secondary N) is 1. The molecule has 16 heavy (non-hydrogen) atoms. The molecule has 0 fully saturated rings. The Morgan fingerprint density at radius 3 is 2.50 bits per heavy atom. The van der Waals surface area contributed by atoms with Gasteiger partial charge in [0.25, 0.3) is 0 Å². The highest BCUT2D eigenvalue weighted by Crippen LogP contribution is 2.19. The Bertz CT molecular complexity index is 654. The number of H-pyrrole nitrogens is 1. The summed E-state index contributed by atoms with van der Waals surface area (Å²) in [6.07, 6.45) is 3.46. The molecule has 3 aromatic rings. The van der Waals surface area contributed by atoms with Gasteiger partial charge in [-0.25, -0.2) is 9.97 Å². The number of fused-ring (bicyclic) bond motifs is 2. The third kappa shape index (κ3) is 1.34. The summed E-state index contributed by atoms with van der Waals surface area (Å²) < 4.78 is 0. The van der Waals surface area contributed by atoms with Crippen LogP contribution in [0.2, 0.25) is 0 Å². The van der Waals surface area contributed by atoms with Gasteiger partial charge in [-0.3, -0.25) is 4.98 Å². The van der Waals surface area contributed by atoms with Gasteiger partial charge in [0.2, 0.25) is 0 Å². The highest BCUT2D eigenvalue weighted by molar-refractivity contribution is 5.90. The van der Waals surface area contributed by atoms with Gasteiger partial charge in [0, 0.05) is 11.9 Å². The summed E-state index contributed by atoms with van der Waals surface area (Å²) in [6.45, 7) is 4.28. The maximum Gasteiger partial charge on any atom is 0.116 e. The second-order valence-corrected chi connectivity index (χ2v) is 4.22. The zero-order valence-corrected chi connectivity index (χ0v) is 9.23. The quantitative estimate of drug-likeness (QED) is 0.674. The molecule has 4 nitrogen and oxygen atoms in total. The van der Waals surface area contributed by atoms with Crippen LogP contribution in [0.1, 0.15) is 25.5 Å². The lowest BCUT2D eigenvalue weighted by molar-refractivity contribution is 0.822. The molecular weight excluding hydrogens is 200 g/mol. The number of aromatic amines is 1. The van der Waals surface area contributed by atoms with Gasteiger partial charge in [0.05, 0.1) is 22.1 Å². The van der Waals surface area contributed by atoms with E-state index in [0.717, 1.165) is 27.8 Å².